The molecule has 33 heavy (non-hydrogen) atoms. The lowest BCUT2D eigenvalue weighted by Gasteiger charge is -2.34. The Morgan fingerprint density at radius 1 is 1.33 bits per heavy atom. The van der Waals surface area contributed by atoms with E-state index in [4.69, 9.17) is 5.26 Å². The van der Waals surface area contributed by atoms with Crippen LogP contribution in [-0.4, -0.2) is 56.4 Å². The Morgan fingerprint density at radius 2 is 2.03 bits per heavy atom. The molecule has 1 aliphatic heterocycles. The number of benzene rings is 1. The minimum Gasteiger partial charge on any atom is -0.405 e. The summed E-state index contributed by atoms with van der Waals surface area (Å²) >= 11 is 0. The second-order valence-electron chi connectivity index (χ2n) is 8.25. The number of likely N-dealkylation sites (tertiary alicyclic amines) is 1. The first-order chi connectivity index (χ1) is 15.3. The SMILES string of the molecule is CS(=O)(=O)NC1(C(=O)N2CCC[C@@H](C(=O)NCc3ccc(C#N)cc3OC(F)(F)F)C2)CC1. The Kier molecular flexibility index (Phi) is 6.90. The number of alkyl halides is 3. The molecule has 2 amide bonds. The normalized spacial score (nSPS) is 20.0. The maximum absolute atomic E-state index is 12.9. The van der Waals surface area contributed by atoms with Crippen molar-refractivity contribution in [3.8, 4) is 11.8 Å². The van der Waals surface area contributed by atoms with Gasteiger partial charge in [-0.25, -0.2) is 8.42 Å². The van der Waals surface area contributed by atoms with E-state index in [9.17, 15) is 31.2 Å². The largest absolute Gasteiger partial charge is 0.573 e. The monoisotopic (exact) mass is 488 g/mol. The third kappa shape index (κ3) is 6.58. The Morgan fingerprint density at radius 3 is 2.61 bits per heavy atom. The molecule has 1 atom stereocenters. The molecule has 0 bridgehead atoms. The van der Waals surface area contributed by atoms with Crippen LogP contribution in [0.5, 0.6) is 5.75 Å². The van der Waals surface area contributed by atoms with Gasteiger partial charge >= 0.3 is 6.36 Å². The summed E-state index contributed by atoms with van der Waals surface area (Å²) < 4.78 is 67.6. The van der Waals surface area contributed by atoms with E-state index in [0.29, 0.717) is 32.2 Å². The molecule has 9 nitrogen and oxygen atoms in total. The van der Waals surface area contributed by atoms with Crippen molar-refractivity contribution < 1.29 is 35.9 Å². The molecule has 0 unspecified atom stereocenters. The summed E-state index contributed by atoms with van der Waals surface area (Å²) in [7, 11) is -3.58. The number of carbonyl (C=O) groups is 2. The molecule has 0 aromatic heterocycles. The van der Waals surface area contributed by atoms with Crippen molar-refractivity contribution in [3.63, 3.8) is 0 Å². The number of hydrogen-bond acceptors (Lipinski definition) is 6. The predicted octanol–water partition coefficient (Wildman–Crippen LogP) is 1.39. The lowest BCUT2D eigenvalue weighted by Crippen LogP contribution is -2.54. The first-order valence-corrected chi connectivity index (χ1v) is 12.1. The number of amides is 2. The molecule has 2 fully saturated rings. The van der Waals surface area contributed by atoms with Crippen LogP contribution >= 0.6 is 0 Å². The molecule has 3 rings (SSSR count). The van der Waals surface area contributed by atoms with Crippen molar-refractivity contribution in [2.24, 2.45) is 5.92 Å². The molecule has 2 aliphatic rings. The summed E-state index contributed by atoms with van der Waals surface area (Å²) in [5, 5.41) is 11.5. The predicted molar refractivity (Wildman–Crippen MR) is 109 cm³/mol. The molecule has 1 aromatic rings. The van der Waals surface area contributed by atoms with Gasteiger partial charge in [0.2, 0.25) is 21.8 Å². The van der Waals surface area contributed by atoms with E-state index >= 15 is 0 Å². The average Bonchev–Trinajstić information content (AvgIpc) is 3.49. The van der Waals surface area contributed by atoms with Gasteiger partial charge in [0, 0.05) is 25.2 Å². The number of sulfonamides is 1. The Bertz CT molecular complexity index is 1080. The zero-order chi connectivity index (χ0) is 24.4. The van der Waals surface area contributed by atoms with Crippen LogP contribution in [0, 0.1) is 17.2 Å². The highest BCUT2D eigenvalue weighted by Crippen LogP contribution is 2.39. The number of rotatable bonds is 7. The Hall–Kier alpha value is -2.85. The van der Waals surface area contributed by atoms with Crippen molar-refractivity contribution in [2.45, 2.75) is 44.1 Å². The van der Waals surface area contributed by atoms with Crippen molar-refractivity contribution in [2.75, 3.05) is 19.3 Å². The van der Waals surface area contributed by atoms with Gasteiger partial charge in [-0.1, -0.05) is 6.07 Å². The van der Waals surface area contributed by atoms with Gasteiger partial charge in [-0.2, -0.15) is 9.98 Å². The molecule has 1 saturated carbocycles. The highest BCUT2D eigenvalue weighted by atomic mass is 32.2. The number of hydrogen-bond donors (Lipinski definition) is 2. The number of nitrogens with zero attached hydrogens (tertiary/aromatic N) is 2. The van der Waals surface area contributed by atoms with E-state index in [1.807, 2.05) is 0 Å². The summed E-state index contributed by atoms with van der Waals surface area (Å²) in [5.74, 6) is -2.00. The van der Waals surface area contributed by atoms with Gasteiger partial charge in [-0.3, -0.25) is 9.59 Å². The third-order valence-corrected chi connectivity index (χ3v) is 6.26. The molecule has 1 aliphatic carbocycles. The van der Waals surface area contributed by atoms with Crippen molar-refractivity contribution in [1.82, 2.24) is 14.9 Å². The molecular weight excluding hydrogens is 465 g/mol. The van der Waals surface area contributed by atoms with Crippen LogP contribution < -0.4 is 14.8 Å². The quantitative estimate of drug-likeness (QED) is 0.597. The minimum absolute atomic E-state index is 0.0255. The zero-order valence-electron chi connectivity index (χ0n) is 17.7. The van der Waals surface area contributed by atoms with E-state index in [2.05, 4.69) is 14.8 Å². The van der Waals surface area contributed by atoms with Crippen LogP contribution in [0.4, 0.5) is 13.2 Å². The van der Waals surface area contributed by atoms with Crippen LogP contribution in [-0.2, 0) is 26.2 Å². The number of nitriles is 1. The van der Waals surface area contributed by atoms with Gasteiger partial charge in [0.25, 0.3) is 0 Å². The third-order valence-electron chi connectivity index (χ3n) is 5.49. The van der Waals surface area contributed by atoms with Crippen LogP contribution in [0.3, 0.4) is 0 Å². The van der Waals surface area contributed by atoms with Crippen LogP contribution in [0.2, 0.25) is 0 Å². The molecule has 1 saturated heterocycles. The molecule has 0 radical (unpaired) electrons. The highest BCUT2D eigenvalue weighted by molar-refractivity contribution is 7.88. The smallest absolute Gasteiger partial charge is 0.405 e. The fourth-order valence-corrected chi connectivity index (χ4v) is 4.84. The van der Waals surface area contributed by atoms with E-state index in [1.165, 1.54) is 17.0 Å². The Labute approximate surface area is 188 Å². The number of nitrogens with one attached hydrogen (secondary N) is 2. The molecular formula is C20H23F3N4O5S. The lowest BCUT2D eigenvalue weighted by molar-refractivity contribution is -0.274. The number of ether oxygens (including phenoxy) is 1. The van der Waals surface area contributed by atoms with E-state index in [1.54, 1.807) is 6.07 Å². The fourth-order valence-electron chi connectivity index (χ4n) is 3.83. The summed E-state index contributed by atoms with van der Waals surface area (Å²) in [4.78, 5) is 27.0. The molecule has 1 aromatic carbocycles. The topological polar surface area (TPSA) is 129 Å². The minimum atomic E-state index is -4.96. The van der Waals surface area contributed by atoms with Gasteiger partial charge in [0.1, 0.15) is 11.3 Å². The van der Waals surface area contributed by atoms with Crippen molar-refractivity contribution in [3.05, 3.63) is 29.3 Å². The van der Waals surface area contributed by atoms with E-state index in [0.717, 1.165) is 12.3 Å². The summed E-state index contributed by atoms with van der Waals surface area (Å²) in [6.07, 6.45) is -2.22. The number of piperidine rings is 1. The maximum Gasteiger partial charge on any atom is 0.573 e. The van der Waals surface area contributed by atoms with E-state index < -0.39 is 39.5 Å². The van der Waals surface area contributed by atoms with Gasteiger partial charge in [-0.15, -0.1) is 13.2 Å². The number of carbonyl (C=O) groups excluding carboxylic acids is 2. The van der Waals surface area contributed by atoms with E-state index in [-0.39, 0.29) is 30.1 Å². The first-order valence-electron chi connectivity index (χ1n) is 10.2. The molecule has 13 heteroatoms. The van der Waals surface area contributed by atoms with Crippen molar-refractivity contribution in [1.29, 1.82) is 5.26 Å². The second-order valence-corrected chi connectivity index (χ2v) is 10.00. The summed E-state index contributed by atoms with van der Waals surface area (Å²) in [5.41, 5.74) is -1.14. The van der Waals surface area contributed by atoms with Crippen molar-refractivity contribution >= 4 is 21.8 Å². The van der Waals surface area contributed by atoms with Gasteiger partial charge in [-0.05, 0) is 37.8 Å². The Balaban J connectivity index is 1.63. The maximum atomic E-state index is 12.9. The molecule has 1 heterocycles. The molecule has 0 spiro atoms. The first kappa shape index (κ1) is 24.8. The number of halogens is 3. The molecule has 180 valence electrons. The van der Waals surface area contributed by atoms with Gasteiger partial charge in [0.05, 0.1) is 23.8 Å². The summed E-state index contributed by atoms with van der Waals surface area (Å²) in [6.45, 7) is 0.201. The highest BCUT2D eigenvalue weighted by Gasteiger charge is 2.54. The average molecular weight is 488 g/mol. The second kappa shape index (κ2) is 9.18. The standard InChI is InChI=1S/C20H23F3N4O5S/c1-33(30,31)26-19(6-7-19)18(29)27-8-2-3-15(12-27)17(28)25-11-14-5-4-13(10-24)9-16(14)32-20(21,22)23/h4-5,9,15,26H,2-3,6-8,11-12H2,1H3,(H,25,28)/t15-/m1/s1. The van der Waals surface area contributed by atoms with Gasteiger partial charge < -0.3 is 15.0 Å². The fraction of sp³-hybridized carbons (Fsp3) is 0.550. The van der Waals surface area contributed by atoms with Crippen LogP contribution in [0.15, 0.2) is 18.2 Å². The van der Waals surface area contributed by atoms with Crippen LogP contribution in [0.25, 0.3) is 0 Å². The lowest BCUT2D eigenvalue weighted by atomic mass is 9.96. The zero-order valence-corrected chi connectivity index (χ0v) is 18.6. The summed E-state index contributed by atoms with van der Waals surface area (Å²) in [6, 6.07) is 5.26. The molecule has 2 N–H and O–H groups in total. The van der Waals surface area contributed by atoms with Gasteiger partial charge in [0.15, 0.2) is 0 Å². The van der Waals surface area contributed by atoms with Crippen LogP contribution in [0.1, 0.15) is 36.8 Å².